The minimum atomic E-state index is 0.664. The number of ether oxygens (including phenoxy) is 1. The first-order valence-electron chi connectivity index (χ1n) is 6.60. The zero-order valence-electron chi connectivity index (χ0n) is 10.7. The summed E-state index contributed by atoms with van der Waals surface area (Å²) >= 11 is 3.65. The molecular formula is C14H19BrN2O. The summed E-state index contributed by atoms with van der Waals surface area (Å²) in [5.41, 5.74) is 1.25. The van der Waals surface area contributed by atoms with Crippen LogP contribution in [0.15, 0.2) is 22.7 Å². The maximum absolute atomic E-state index is 5.32. The van der Waals surface area contributed by atoms with E-state index in [4.69, 9.17) is 4.74 Å². The van der Waals surface area contributed by atoms with Crippen LogP contribution in [0.3, 0.4) is 0 Å². The van der Waals surface area contributed by atoms with Crippen LogP contribution in [0, 0.1) is 5.92 Å². The van der Waals surface area contributed by atoms with E-state index in [-0.39, 0.29) is 0 Å². The summed E-state index contributed by atoms with van der Waals surface area (Å²) in [6, 6.07) is 6.85. The number of piperazine rings is 1. The van der Waals surface area contributed by atoms with Crippen LogP contribution in [0.25, 0.3) is 0 Å². The van der Waals surface area contributed by atoms with Crippen LogP contribution in [0.1, 0.15) is 12.8 Å². The fourth-order valence-electron chi connectivity index (χ4n) is 2.67. The molecule has 1 heterocycles. The van der Waals surface area contributed by atoms with Crippen LogP contribution in [0.5, 0.6) is 5.75 Å². The normalized spacial score (nSPS) is 24.1. The number of rotatable bonds is 3. The summed E-state index contributed by atoms with van der Waals surface area (Å²) in [7, 11) is 1.72. The largest absolute Gasteiger partial charge is 0.497 e. The van der Waals surface area contributed by atoms with Crippen LogP contribution >= 0.6 is 15.9 Å². The molecule has 0 radical (unpaired) electrons. The number of hydrogen-bond donors (Lipinski definition) is 1. The molecule has 1 unspecified atom stereocenters. The molecule has 3 rings (SSSR count). The van der Waals surface area contributed by atoms with Gasteiger partial charge >= 0.3 is 0 Å². The Bertz CT molecular complexity index is 434. The molecular weight excluding hydrogens is 292 g/mol. The Labute approximate surface area is 117 Å². The van der Waals surface area contributed by atoms with Crippen LogP contribution in [0.2, 0.25) is 0 Å². The molecule has 18 heavy (non-hydrogen) atoms. The minimum absolute atomic E-state index is 0.664. The highest BCUT2D eigenvalue weighted by Crippen LogP contribution is 2.36. The summed E-state index contributed by atoms with van der Waals surface area (Å²) in [5.74, 6) is 1.83. The van der Waals surface area contributed by atoms with Crippen molar-refractivity contribution < 1.29 is 4.74 Å². The molecule has 1 N–H and O–H groups in total. The molecule has 1 aliphatic carbocycles. The second-order valence-electron chi connectivity index (χ2n) is 5.16. The highest BCUT2D eigenvalue weighted by molar-refractivity contribution is 9.10. The summed E-state index contributed by atoms with van der Waals surface area (Å²) in [6.45, 7) is 3.25. The monoisotopic (exact) mass is 310 g/mol. The van der Waals surface area contributed by atoms with Gasteiger partial charge in [0.05, 0.1) is 12.8 Å². The molecule has 1 aliphatic heterocycles. The fraction of sp³-hybridized carbons (Fsp3) is 0.571. The summed E-state index contributed by atoms with van der Waals surface area (Å²) in [6.07, 6.45) is 2.79. The number of nitrogens with one attached hydrogen (secondary N) is 1. The maximum Gasteiger partial charge on any atom is 0.121 e. The summed E-state index contributed by atoms with van der Waals surface area (Å²) < 4.78 is 6.48. The van der Waals surface area contributed by atoms with Crippen molar-refractivity contribution in [3.63, 3.8) is 0 Å². The van der Waals surface area contributed by atoms with Crippen molar-refractivity contribution in [2.45, 2.75) is 18.9 Å². The second-order valence-corrected chi connectivity index (χ2v) is 6.02. The molecule has 1 atom stereocenters. The zero-order valence-corrected chi connectivity index (χ0v) is 12.2. The van der Waals surface area contributed by atoms with Crippen molar-refractivity contribution in [1.82, 2.24) is 5.32 Å². The van der Waals surface area contributed by atoms with Gasteiger partial charge in [-0.15, -0.1) is 0 Å². The van der Waals surface area contributed by atoms with Gasteiger partial charge in [-0.3, -0.25) is 0 Å². The first kappa shape index (κ1) is 12.3. The van der Waals surface area contributed by atoms with Gasteiger partial charge in [-0.1, -0.05) is 0 Å². The Morgan fingerprint density at radius 1 is 1.39 bits per heavy atom. The van der Waals surface area contributed by atoms with Crippen LogP contribution in [-0.4, -0.2) is 32.8 Å². The van der Waals surface area contributed by atoms with Crippen molar-refractivity contribution in [2.24, 2.45) is 5.92 Å². The minimum Gasteiger partial charge on any atom is -0.497 e. The van der Waals surface area contributed by atoms with E-state index in [1.54, 1.807) is 7.11 Å². The van der Waals surface area contributed by atoms with Crippen molar-refractivity contribution in [3.05, 3.63) is 22.7 Å². The Morgan fingerprint density at radius 2 is 2.22 bits per heavy atom. The standard InChI is InChI=1S/C14H19BrN2O/c1-18-11-4-5-12(15)14(8-11)17-7-6-16-13(9-17)10-2-3-10/h4-5,8,10,13,16H,2-3,6-7,9H2,1H3. The van der Waals surface area contributed by atoms with E-state index in [2.05, 4.69) is 38.3 Å². The first-order chi connectivity index (χ1) is 8.78. The van der Waals surface area contributed by atoms with E-state index in [1.807, 2.05) is 6.07 Å². The SMILES string of the molecule is COc1ccc(Br)c(N2CCNC(C3CC3)C2)c1. The van der Waals surface area contributed by atoms with Gasteiger partial charge in [0.1, 0.15) is 5.75 Å². The van der Waals surface area contributed by atoms with Gasteiger partial charge in [0.25, 0.3) is 0 Å². The third-order valence-corrected chi connectivity index (χ3v) is 4.56. The predicted octanol–water partition coefficient (Wildman–Crippen LogP) is 2.65. The van der Waals surface area contributed by atoms with E-state index in [0.717, 1.165) is 35.8 Å². The lowest BCUT2D eigenvalue weighted by Crippen LogP contribution is -2.51. The number of anilines is 1. The van der Waals surface area contributed by atoms with Gasteiger partial charge in [0.2, 0.25) is 0 Å². The molecule has 0 aromatic heterocycles. The summed E-state index contributed by atoms with van der Waals surface area (Å²) in [4.78, 5) is 2.46. The third-order valence-electron chi connectivity index (χ3n) is 3.89. The second kappa shape index (κ2) is 5.10. The smallest absolute Gasteiger partial charge is 0.121 e. The molecule has 98 valence electrons. The third kappa shape index (κ3) is 2.50. The number of benzene rings is 1. The first-order valence-corrected chi connectivity index (χ1v) is 7.39. The number of halogens is 1. The molecule has 1 saturated carbocycles. The number of hydrogen-bond acceptors (Lipinski definition) is 3. The van der Waals surface area contributed by atoms with Crippen LogP contribution in [-0.2, 0) is 0 Å². The van der Waals surface area contributed by atoms with E-state index in [0.29, 0.717) is 6.04 Å². The average molecular weight is 311 g/mol. The van der Waals surface area contributed by atoms with E-state index in [9.17, 15) is 0 Å². The van der Waals surface area contributed by atoms with Gasteiger partial charge in [-0.25, -0.2) is 0 Å². The fourth-order valence-corrected chi connectivity index (χ4v) is 3.17. The van der Waals surface area contributed by atoms with Gasteiger partial charge in [0, 0.05) is 36.2 Å². The van der Waals surface area contributed by atoms with Gasteiger partial charge in [0.15, 0.2) is 0 Å². The Hall–Kier alpha value is -0.740. The molecule has 0 bridgehead atoms. The van der Waals surface area contributed by atoms with Crippen molar-refractivity contribution in [1.29, 1.82) is 0 Å². The molecule has 2 fully saturated rings. The zero-order chi connectivity index (χ0) is 12.5. The van der Waals surface area contributed by atoms with Crippen molar-refractivity contribution >= 4 is 21.6 Å². The molecule has 1 aromatic carbocycles. The molecule has 1 aromatic rings. The van der Waals surface area contributed by atoms with Gasteiger partial charge < -0.3 is 15.0 Å². The van der Waals surface area contributed by atoms with Crippen molar-refractivity contribution in [3.8, 4) is 5.75 Å². The molecule has 3 nitrogen and oxygen atoms in total. The lowest BCUT2D eigenvalue weighted by atomic mass is 10.1. The molecule has 1 saturated heterocycles. The van der Waals surface area contributed by atoms with Gasteiger partial charge in [-0.2, -0.15) is 0 Å². The van der Waals surface area contributed by atoms with E-state index >= 15 is 0 Å². The van der Waals surface area contributed by atoms with Crippen molar-refractivity contribution in [2.75, 3.05) is 31.6 Å². The Balaban J connectivity index is 1.79. The lowest BCUT2D eigenvalue weighted by Gasteiger charge is -2.36. The predicted molar refractivity (Wildman–Crippen MR) is 77.4 cm³/mol. The number of nitrogens with zero attached hydrogens (tertiary/aromatic N) is 1. The number of methoxy groups -OCH3 is 1. The maximum atomic E-state index is 5.32. The molecule has 4 heteroatoms. The molecule has 2 aliphatic rings. The highest BCUT2D eigenvalue weighted by Gasteiger charge is 2.34. The van der Waals surface area contributed by atoms with Crippen LogP contribution in [0.4, 0.5) is 5.69 Å². The lowest BCUT2D eigenvalue weighted by molar-refractivity contribution is 0.410. The molecule has 0 amide bonds. The topological polar surface area (TPSA) is 24.5 Å². The van der Waals surface area contributed by atoms with Crippen LogP contribution < -0.4 is 15.0 Å². The Morgan fingerprint density at radius 3 is 2.94 bits per heavy atom. The highest BCUT2D eigenvalue weighted by atomic mass is 79.9. The Kier molecular flexibility index (Phi) is 3.48. The van der Waals surface area contributed by atoms with E-state index in [1.165, 1.54) is 18.5 Å². The van der Waals surface area contributed by atoms with E-state index < -0.39 is 0 Å². The summed E-state index contributed by atoms with van der Waals surface area (Å²) in [5, 5.41) is 3.64. The average Bonchev–Trinajstić information content (AvgIpc) is 3.24. The molecule has 0 spiro atoms. The van der Waals surface area contributed by atoms with Gasteiger partial charge in [-0.05, 0) is 46.8 Å². The quantitative estimate of drug-likeness (QED) is 0.929.